The van der Waals surface area contributed by atoms with E-state index in [1.165, 1.54) is 36.9 Å². The maximum Gasteiger partial charge on any atom is 0.267 e. The van der Waals surface area contributed by atoms with E-state index in [1.54, 1.807) is 15.9 Å². The Hall–Kier alpha value is -2.51. The molecule has 2 heterocycles. The summed E-state index contributed by atoms with van der Waals surface area (Å²) in [5.41, 5.74) is 2.51. The number of hydrogen-bond donors (Lipinski definition) is 3. The summed E-state index contributed by atoms with van der Waals surface area (Å²) in [6, 6.07) is 11.1. The summed E-state index contributed by atoms with van der Waals surface area (Å²) in [6.45, 7) is 8.51. The Morgan fingerprint density at radius 3 is 2.54 bits per heavy atom. The van der Waals surface area contributed by atoms with E-state index < -0.39 is 0 Å². The molecule has 7 nitrogen and oxygen atoms in total. The summed E-state index contributed by atoms with van der Waals surface area (Å²) in [6.07, 6.45) is 0.950. The molecule has 0 bridgehead atoms. The molecule has 0 unspecified atom stereocenters. The van der Waals surface area contributed by atoms with Crippen molar-refractivity contribution in [2.75, 3.05) is 46.3 Å². The van der Waals surface area contributed by atoms with Gasteiger partial charge in [-0.25, -0.2) is 4.68 Å². The van der Waals surface area contributed by atoms with Gasteiger partial charge >= 0.3 is 0 Å². The largest absolute Gasteiger partial charge is 0.354 e. The van der Waals surface area contributed by atoms with Crippen LogP contribution in [0.2, 0.25) is 0 Å². The van der Waals surface area contributed by atoms with Crippen LogP contribution in [0.1, 0.15) is 12.0 Å². The molecule has 1 aliphatic heterocycles. The summed E-state index contributed by atoms with van der Waals surface area (Å²) in [5, 5.41) is 7.27. The quantitative estimate of drug-likeness (QED) is 0.490. The Morgan fingerprint density at radius 2 is 1.82 bits per heavy atom. The Bertz CT molecular complexity index is 839. The predicted octanol–water partition coefficient (Wildman–Crippen LogP) is -1.86. The van der Waals surface area contributed by atoms with Crippen molar-refractivity contribution in [1.29, 1.82) is 0 Å². The number of hydrogen-bond acceptors (Lipinski definition) is 3. The average molecular weight is 386 g/mol. The number of carbonyl (C=O) groups excluding carboxylic acids is 1. The monoisotopic (exact) mass is 385 g/mol. The average Bonchev–Trinajstić information content (AvgIpc) is 2.69. The predicted molar refractivity (Wildman–Crippen MR) is 108 cm³/mol. The van der Waals surface area contributed by atoms with E-state index in [0.717, 1.165) is 24.1 Å². The van der Waals surface area contributed by atoms with Gasteiger partial charge < -0.3 is 15.1 Å². The van der Waals surface area contributed by atoms with Crippen molar-refractivity contribution in [2.24, 2.45) is 0 Å². The number of rotatable bonds is 7. The molecule has 0 atom stereocenters. The van der Waals surface area contributed by atoms with E-state index in [2.05, 4.69) is 17.5 Å². The van der Waals surface area contributed by atoms with Crippen molar-refractivity contribution in [3.05, 3.63) is 52.3 Å². The first-order valence-electron chi connectivity index (χ1n) is 10.1. The molecule has 0 aliphatic carbocycles. The van der Waals surface area contributed by atoms with Crippen LogP contribution in [0.4, 0.5) is 0 Å². The molecule has 1 saturated heterocycles. The molecule has 1 aromatic carbocycles. The third kappa shape index (κ3) is 5.74. The van der Waals surface area contributed by atoms with Gasteiger partial charge in [-0.05, 0) is 13.0 Å². The van der Waals surface area contributed by atoms with E-state index in [4.69, 9.17) is 0 Å². The van der Waals surface area contributed by atoms with Gasteiger partial charge in [-0.1, -0.05) is 29.8 Å². The third-order valence-corrected chi connectivity index (χ3v) is 5.35. The van der Waals surface area contributed by atoms with Crippen LogP contribution in [0.3, 0.4) is 0 Å². The van der Waals surface area contributed by atoms with Crippen molar-refractivity contribution in [2.45, 2.75) is 19.9 Å². The van der Waals surface area contributed by atoms with Crippen LogP contribution in [0.25, 0.3) is 11.3 Å². The highest BCUT2D eigenvalue weighted by atomic mass is 16.2. The fraction of sp³-hybridized carbons (Fsp3) is 0.476. The normalized spacial score (nSPS) is 19.4. The molecule has 0 saturated carbocycles. The first-order chi connectivity index (χ1) is 13.5. The number of likely N-dealkylation sites (N-methyl/N-ethyl adjacent to an activating group) is 1. The SMILES string of the molecule is Cc1ccc(-c2ccc(=O)n(CC(=O)NCCC[NH+]3CC[NH+](C)CC3)n2)cc1. The van der Waals surface area contributed by atoms with Gasteiger partial charge in [0.2, 0.25) is 5.91 Å². The van der Waals surface area contributed by atoms with Gasteiger partial charge in [-0.3, -0.25) is 9.59 Å². The lowest BCUT2D eigenvalue weighted by atomic mass is 10.1. The standard InChI is InChI=1S/C21H29N5O2/c1-17-4-6-18(7-5-17)19-8-9-21(28)26(23-19)16-20(27)22-10-3-11-25-14-12-24(2)13-15-25/h4-9H,3,10-16H2,1-2H3,(H,22,27)/p+2. The van der Waals surface area contributed by atoms with Crippen LogP contribution in [0.5, 0.6) is 0 Å². The number of piperazine rings is 1. The Labute approximate surface area is 166 Å². The fourth-order valence-electron chi connectivity index (χ4n) is 3.48. The molecule has 1 aliphatic rings. The van der Waals surface area contributed by atoms with Crippen LogP contribution in [0.15, 0.2) is 41.2 Å². The minimum atomic E-state index is -0.268. The first-order valence-corrected chi connectivity index (χ1v) is 10.1. The Balaban J connectivity index is 1.49. The molecule has 3 rings (SSSR count). The number of quaternary nitrogens is 2. The van der Waals surface area contributed by atoms with Crippen molar-refractivity contribution >= 4 is 5.91 Å². The maximum atomic E-state index is 12.2. The van der Waals surface area contributed by atoms with Gasteiger partial charge in [0.15, 0.2) is 0 Å². The molecule has 1 amide bonds. The number of benzene rings is 1. The van der Waals surface area contributed by atoms with Crippen molar-refractivity contribution < 1.29 is 14.6 Å². The fourth-order valence-corrected chi connectivity index (χ4v) is 3.48. The Morgan fingerprint density at radius 1 is 1.11 bits per heavy atom. The third-order valence-electron chi connectivity index (χ3n) is 5.35. The number of aryl methyl sites for hydroxylation is 1. The van der Waals surface area contributed by atoms with Gasteiger partial charge in [0.05, 0.1) is 19.3 Å². The second kappa shape index (κ2) is 9.61. The summed E-state index contributed by atoms with van der Waals surface area (Å²) < 4.78 is 1.24. The van der Waals surface area contributed by atoms with E-state index >= 15 is 0 Å². The lowest BCUT2D eigenvalue weighted by molar-refractivity contribution is -1.00. The smallest absolute Gasteiger partial charge is 0.267 e. The van der Waals surface area contributed by atoms with E-state index in [9.17, 15) is 9.59 Å². The van der Waals surface area contributed by atoms with Crippen LogP contribution in [0, 0.1) is 6.92 Å². The van der Waals surface area contributed by atoms with Crippen LogP contribution in [-0.2, 0) is 11.3 Å². The van der Waals surface area contributed by atoms with Crippen LogP contribution >= 0.6 is 0 Å². The van der Waals surface area contributed by atoms with Crippen molar-refractivity contribution in [3.63, 3.8) is 0 Å². The summed E-state index contributed by atoms with van der Waals surface area (Å²) in [7, 11) is 2.24. The number of nitrogens with zero attached hydrogens (tertiary/aromatic N) is 2. The van der Waals surface area contributed by atoms with Crippen molar-refractivity contribution in [3.8, 4) is 11.3 Å². The molecule has 1 aromatic heterocycles. The topological polar surface area (TPSA) is 72.9 Å². The number of amides is 1. The zero-order chi connectivity index (χ0) is 19.9. The Kier molecular flexibility index (Phi) is 6.95. The molecular formula is C21H31N5O2+2. The lowest BCUT2D eigenvalue weighted by Gasteiger charge is -2.27. The van der Waals surface area contributed by atoms with E-state index in [0.29, 0.717) is 12.2 Å². The summed E-state index contributed by atoms with van der Waals surface area (Å²) >= 11 is 0. The van der Waals surface area contributed by atoms with Gasteiger partial charge in [0, 0.05) is 24.6 Å². The lowest BCUT2D eigenvalue weighted by Crippen LogP contribution is -3.27. The maximum absolute atomic E-state index is 12.2. The van der Waals surface area contributed by atoms with Crippen LogP contribution < -0.4 is 20.7 Å². The minimum absolute atomic E-state index is 0.0523. The van der Waals surface area contributed by atoms with E-state index in [-0.39, 0.29) is 18.0 Å². The highest BCUT2D eigenvalue weighted by molar-refractivity contribution is 5.75. The molecule has 7 heteroatoms. The molecule has 3 N–H and O–H groups in total. The molecule has 0 spiro atoms. The molecule has 150 valence electrons. The first kappa shape index (κ1) is 20.2. The zero-order valence-electron chi connectivity index (χ0n) is 16.8. The molecule has 0 radical (unpaired) electrons. The van der Waals surface area contributed by atoms with Gasteiger partial charge in [0.25, 0.3) is 5.56 Å². The molecule has 28 heavy (non-hydrogen) atoms. The summed E-state index contributed by atoms with van der Waals surface area (Å²) in [5.74, 6) is -0.173. The van der Waals surface area contributed by atoms with Gasteiger partial charge in [-0.15, -0.1) is 0 Å². The van der Waals surface area contributed by atoms with Gasteiger partial charge in [0.1, 0.15) is 32.7 Å². The second-order valence-corrected chi connectivity index (χ2v) is 7.74. The number of aromatic nitrogens is 2. The molecular weight excluding hydrogens is 354 g/mol. The molecule has 1 fully saturated rings. The van der Waals surface area contributed by atoms with Gasteiger partial charge in [-0.2, -0.15) is 5.10 Å². The molecule has 2 aromatic rings. The second-order valence-electron chi connectivity index (χ2n) is 7.74. The zero-order valence-corrected chi connectivity index (χ0v) is 16.8. The minimum Gasteiger partial charge on any atom is -0.354 e. The van der Waals surface area contributed by atoms with Crippen LogP contribution in [-0.4, -0.2) is 62.0 Å². The highest BCUT2D eigenvalue weighted by Gasteiger charge is 2.19. The van der Waals surface area contributed by atoms with Crippen molar-refractivity contribution in [1.82, 2.24) is 15.1 Å². The summed E-state index contributed by atoms with van der Waals surface area (Å²) in [4.78, 5) is 27.5. The number of carbonyl (C=O) groups is 1. The van der Waals surface area contributed by atoms with E-state index in [1.807, 2.05) is 31.2 Å². The highest BCUT2D eigenvalue weighted by Crippen LogP contribution is 2.15. The number of nitrogens with one attached hydrogen (secondary N) is 3.